The molecule has 26 heavy (non-hydrogen) atoms. The van der Waals surface area contributed by atoms with Crippen molar-refractivity contribution in [3.8, 4) is 5.69 Å². The zero-order chi connectivity index (χ0) is 18.1. The van der Waals surface area contributed by atoms with Crippen LogP contribution in [0.15, 0.2) is 52.4 Å². The number of fused-ring (bicyclic) bond motifs is 1. The fourth-order valence-corrected chi connectivity index (χ4v) is 3.60. The number of hydrogen-bond acceptors (Lipinski definition) is 5. The van der Waals surface area contributed by atoms with Gasteiger partial charge in [0.2, 0.25) is 0 Å². The highest BCUT2D eigenvalue weighted by molar-refractivity contribution is 8.12. The largest absolute Gasteiger partial charge is 0.278 e. The molecule has 0 unspecified atom stereocenters. The lowest BCUT2D eigenvalue weighted by Gasteiger charge is -2.12. The van der Waals surface area contributed by atoms with Gasteiger partial charge in [-0.1, -0.05) is 17.7 Å². The molecule has 1 aromatic carbocycles. The highest BCUT2D eigenvalue weighted by Gasteiger charge is 2.15. The van der Waals surface area contributed by atoms with Gasteiger partial charge in [-0.2, -0.15) is 0 Å². The van der Waals surface area contributed by atoms with Crippen LogP contribution in [0.4, 0.5) is 4.39 Å². The van der Waals surface area contributed by atoms with E-state index in [1.54, 1.807) is 35.5 Å². The van der Waals surface area contributed by atoms with Gasteiger partial charge in [0, 0.05) is 11.9 Å². The van der Waals surface area contributed by atoms with E-state index in [0.717, 1.165) is 5.75 Å². The Morgan fingerprint density at radius 1 is 1.35 bits per heavy atom. The van der Waals surface area contributed by atoms with Crippen LogP contribution in [0.5, 0.6) is 0 Å². The standard InChI is InChI=1S/C18H12ClFN4OS/c19-17-15(2-1-7-21-17)24-16(6-4-12-9-26-10-22-12)23-14-5-3-11(20)8-13(14)18(24)25/h1-8,10,12H,9H2/b6-4+/t12-/m0/s1. The average molecular weight is 387 g/mol. The summed E-state index contributed by atoms with van der Waals surface area (Å²) in [6.07, 6.45) is 5.15. The Hall–Kier alpha value is -2.51. The molecule has 0 saturated heterocycles. The lowest BCUT2D eigenvalue weighted by Crippen LogP contribution is -2.23. The zero-order valence-electron chi connectivity index (χ0n) is 13.3. The number of pyridine rings is 1. The van der Waals surface area contributed by atoms with Gasteiger partial charge in [0.25, 0.3) is 5.56 Å². The maximum absolute atomic E-state index is 13.6. The number of hydrogen-bond donors (Lipinski definition) is 0. The van der Waals surface area contributed by atoms with Crippen molar-refractivity contribution in [2.75, 3.05) is 5.75 Å². The Kier molecular flexibility index (Phi) is 4.57. The van der Waals surface area contributed by atoms with Gasteiger partial charge in [0.15, 0.2) is 5.15 Å². The predicted molar refractivity (Wildman–Crippen MR) is 104 cm³/mol. The summed E-state index contributed by atoms with van der Waals surface area (Å²) in [6.45, 7) is 0. The quantitative estimate of drug-likeness (QED) is 0.643. The van der Waals surface area contributed by atoms with Crippen molar-refractivity contribution >= 4 is 45.9 Å². The monoisotopic (exact) mass is 386 g/mol. The van der Waals surface area contributed by atoms with Gasteiger partial charge in [-0.15, -0.1) is 11.8 Å². The molecule has 2 aromatic heterocycles. The van der Waals surface area contributed by atoms with Crippen molar-refractivity contribution in [3.63, 3.8) is 0 Å². The number of aliphatic imine (C=N–C) groups is 1. The molecule has 3 heterocycles. The van der Waals surface area contributed by atoms with Gasteiger partial charge < -0.3 is 0 Å². The summed E-state index contributed by atoms with van der Waals surface area (Å²) in [4.78, 5) is 25.9. The topological polar surface area (TPSA) is 60.1 Å². The van der Waals surface area contributed by atoms with E-state index in [9.17, 15) is 9.18 Å². The first-order chi connectivity index (χ1) is 12.6. The lowest BCUT2D eigenvalue weighted by atomic mass is 10.2. The van der Waals surface area contributed by atoms with E-state index in [-0.39, 0.29) is 16.6 Å². The predicted octanol–water partition coefficient (Wildman–Crippen LogP) is 3.73. The maximum atomic E-state index is 13.6. The zero-order valence-corrected chi connectivity index (χ0v) is 14.9. The van der Waals surface area contributed by atoms with E-state index in [1.807, 2.05) is 6.08 Å². The summed E-state index contributed by atoms with van der Waals surface area (Å²) in [6, 6.07) is 7.32. The summed E-state index contributed by atoms with van der Waals surface area (Å²) in [5.41, 5.74) is 2.20. The van der Waals surface area contributed by atoms with Crippen LogP contribution in [0.1, 0.15) is 5.82 Å². The van der Waals surface area contributed by atoms with Gasteiger partial charge in [0.1, 0.15) is 11.6 Å². The summed E-state index contributed by atoms with van der Waals surface area (Å²) < 4.78 is 15.0. The molecule has 1 aliphatic rings. The fraction of sp³-hybridized carbons (Fsp3) is 0.111. The van der Waals surface area contributed by atoms with Crippen molar-refractivity contribution in [3.05, 3.63) is 69.8 Å². The van der Waals surface area contributed by atoms with Crippen LogP contribution in [-0.4, -0.2) is 31.9 Å². The van der Waals surface area contributed by atoms with Gasteiger partial charge in [-0.25, -0.2) is 14.4 Å². The third-order valence-electron chi connectivity index (χ3n) is 3.90. The molecule has 0 spiro atoms. The highest BCUT2D eigenvalue weighted by Crippen LogP contribution is 2.21. The van der Waals surface area contributed by atoms with Crippen LogP contribution in [-0.2, 0) is 0 Å². The number of rotatable bonds is 3. The molecule has 0 aliphatic carbocycles. The normalized spacial score (nSPS) is 16.8. The highest BCUT2D eigenvalue weighted by atomic mass is 35.5. The summed E-state index contributed by atoms with van der Waals surface area (Å²) in [5, 5.41) is 0.341. The second kappa shape index (κ2) is 7.01. The first kappa shape index (κ1) is 16.9. The summed E-state index contributed by atoms with van der Waals surface area (Å²) >= 11 is 7.81. The van der Waals surface area contributed by atoms with E-state index in [1.165, 1.54) is 29.0 Å². The molecule has 0 saturated carbocycles. The van der Waals surface area contributed by atoms with Crippen molar-refractivity contribution in [2.45, 2.75) is 6.04 Å². The molecule has 0 fully saturated rings. The second-order valence-electron chi connectivity index (χ2n) is 5.60. The lowest BCUT2D eigenvalue weighted by molar-refractivity contribution is 0.629. The third-order valence-corrected chi connectivity index (χ3v) is 4.99. The smallest absolute Gasteiger partial charge is 0.266 e. The Morgan fingerprint density at radius 2 is 2.23 bits per heavy atom. The first-order valence-corrected chi connectivity index (χ1v) is 9.21. The molecule has 3 aromatic rings. The fourth-order valence-electron chi connectivity index (χ4n) is 2.67. The molecule has 5 nitrogen and oxygen atoms in total. The number of nitrogens with zero attached hydrogens (tertiary/aromatic N) is 4. The molecular formula is C18H12ClFN4OS. The molecule has 130 valence electrons. The molecule has 4 rings (SSSR count). The molecule has 8 heteroatoms. The molecule has 0 N–H and O–H groups in total. The first-order valence-electron chi connectivity index (χ1n) is 7.78. The minimum atomic E-state index is -0.499. The third kappa shape index (κ3) is 3.15. The Balaban J connectivity index is 1.97. The Labute approximate surface area is 157 Å². The van der Waals surface area contributed by atoms with E-state index in [0.29, 0.717) is 17.0 Å². The Bertz CT molecular complexity index is 1110. The van der Waals surface area contributed by atoms with Crippen molar-refractivity contribution in [1.29, 1.82) is 0 Å². The van der Waals surface area contributed by atoms with Gasteiger partial charge >= 0.3 is 0 Å². The molecular weight excluding hydrogens is 375 g/mol. The Morgan fingerprint density at radius 3 is 3.00 bits per heavy atom. The summed E-state index contributed by atoms with van der Waals surface area (Å²) in [7, 11) is 0. The van der Waals surface area contributed by atoms with Crippen LogP contribution in [0.3, 0.4) is 0 Å². The van der Waals surface area contributed by atoms with Crippen LogP contribution in [0, 0.1) is 5.82 Å². The van der Waals surface area contributed by atoms with Crippen LogP contribution in [0.25, 0.3) is 22.7 Å². The minimum absolute atomic E-state index is 0.0265. The second-order valence-corrected chi connectivity index (χ2v) is 6.84. The van der Waals surface area contributed by atoms with Crippen LogP contribution < -0.4 is 5.56 Å². The molecule has 1 aliphatic heterocycles. The van der Waals surface area contributed by atoms with Crippen LogP contribution in [0.2, 0.25) is 5.15 Å². The molecule has 1 atom stereocenters. The van der Waals surface area contributed by atoms with Gasteiger partial charge in [0.05, 0.1) is 28.2 Å². The van der Waals surface area contributed by atoms with Gasteiger partial charge in [-0.05, 0) is 36.4 Å². The summed E-state index contributed by atoms with van der Waals surface area (Å²) in [5.74, 6) is 0.727. The van der Waals surface area contributed by atoms with Crippen molar-refractivity contribution in [1.82, 2.24) is 14.5 Å². The molecule has 0 radical (unpaired) electrons. The van der Waals surface area contributed by atoms with Crippen molar-refractivity contribution in [2.24, 2.45) is 4.99 Å². The average Bonchev–Trinajstić information content (AvgIpc) is 3.15. The van der Waals surface area contributed by atoms with Crippen molar-refractivity contribution < 1.29 is 4.39 Å². The minimum Gasteiger partial charge on any atom is -0.278 e. The number of thioether (sulfide) groups is 1. The van der Waals surface area contributed by atoms with E-state index in [2.05, 4.69) is 15.0 Å². The van der Waals surface area contributed by atoms with Crippen LogP contribution >= 0.6 is 23.4 Å². The molecule has 0 bridgehead atoms. The number of benzene rings is 1. The number of halogens is 2. The van der Waals surface area contributed by atoms with E-state index < -0.39 is 11.4 Å². The SMILES string of the molecule is O=c1c2cc(F)ccc2nc(/C=C/[C@H]2CSC=N2)n1-c1cccnc1Cl. The van der Waals surface area contributed by atoms with E-state index >= 15 is 0 Å². The molecule has 0 amide bonds. The number of aromatic nitrogens is 3. The van der Waals surface area contributed by atoms with Gasteiger partial charge in [-0.3, -0.25) is 14.4 Å². The maximum Gasteiger partial charge on any atom is 0.266 e. The van der Waals surface area contributed by atoms with E-state index in [4.69, 9.17) is 11.6 Å².